The summed E-state index contributed by atoms with van der Waals surface area (Å²) in [6.07, 6.45) is -2.21. The van der Waals surface area contributed by atoms with Gasteiger partial charge < -0.3 is 5.32 Å². The Labute approximate surface area is 168 Å². The fraction of sp³-hybridized carbons (Fsp3) is 0.368. The van der Waals surface area contributed by atoms with E-state index in [1.807, 2.05) is 0 Å². The van der Waals surface area contributed by atoms with Crippen molar-refractivity contribution >= 4 is 16.9 Å². The first-order valence-electron chi connectivity index (χ1n) is 9.18. The van der Waals surface area contributed by atoms with Gasteiger partial charge in [0.15, 0.2) is 5.65 Å². The van der Waals surface area contributed by atoms with Gasteiger partial charge in [-0.15, -0.1) is 0 Å². The molecule has 1 saturated heterocycles. The topological polar surface area (TPSA) is 66.8 Å². The van der Waals surface area contributed by atoms with Gasteiger partial charge >= 0.3 is 6.18 Å². The quantitative estimate of drug-likeness (QED) is 0.627. The lowest BCUT2D eigenvalue weighted by atomic mass is 10.2. The van der Waals surface area contributed by atoms with Crippen LogP contribution in [-0.2, 0) is 19.3 Å². The highest BCUT2D eigenvalue weighted by molar-refractivity contribution is 5.86. The number of aromatic nitrogens is 4. The number of rotatable bonds is 5. The summed E-state index contributed by atoms with van der Waals surface area (Å²) in [5, 5.41) is 3.42. The Balaban J connectivity index is 1.61. The van der Waals surface area contributed by atoms with E-state index in [9.17, 15) is 22.0 Å². The van der Waals surface area contributed by atoms with Gasteiger partial charge in [0.05, 0.1) is 18.5 Å². The molecule has 0 saturated carbocycles. The number of likely N-dealkylation sites (tertiary alicyclic amines) is 1. The molecule has 0 aliphatic carbocycles. The molecule has 0 spiro atoms. The molecule has 11 heteroatoms. The molecular formula is C19H17F5N6. The molecule has 1 N–H and O–H groups in total. The van der Waals surface area contributed by atoms with Crippen LogP contribution < -0.4 is 5.32 Å². The van der Waals surface area contributed by atoms with E-state index in [2.05, 4.69) is 25.3 Å². The maximum absolute atomic E-state index is 13.5. The number of hydrogen-bond acceptors (Lipinski definition) is 6. The molecule has 6 nitrogen and oxygen atoms in total. The number of fused-ring (bicyclic) bond motifs is 1. The molecular weight excluding hydrogens is 407 g/mol. The van der Waals surface area contributed by atoms with Crippen LogP contribution in [0.3, 0.4) is 0 Å². The zero-order valence-electron chi connectivity index (χ0n) is 15.6. The lowest BCUT2D eigenvalue weighted by Gasteiger charge is -2.16. The second-order valence-corrected chi connectivity index (χ2v) is 7.04. The van der Waals surface area contributed by atoms with Crippen molar-refractivity contribution < 1.29 is 22.0 Å². The van der Waals surface area contributed by atoms with E-state index < -0.39 is 17.8 Å². The fourth-order valence-corrected chi connectivity index (χ4v) is 3.37. The van der Waals surface area contributed by atoms with Crippen LogP contribution in [0.1, 0.15) is 23.5 Å². The summed E-state index contributed by atoms with van der Waals surface area (Å²) in [5.74, 6) is -2.19. The van der Waals surface area contributed by atoms with Crippen molar-refractivity contribution in [2.45, 2.75) is 31.6 Å². The smallest absolute Gasteiger partial charge is 0.365 e. The average molecular weight is 424 g/mol. The van der Waals surface area contributed by atoms with Gasteiger partial charge in [-0.1, -0.05) is 6.07 Å². The molecule has 0 bridgehead atoms. The second kappa shape index (κ2) is 7.71. The van der Waals surface area contributed by atoms with Crippen LogP contribution >= 0.6 is 0 Å². The van der Waals surface area contributed by atoms with E-state index in [4.69, 9.17) is 0 Å². The van der Waals surface area contributed by atoms with Gasteiger partial charge in [0, 0.05) is 37.5 Å². The standard InChI is InChI=1S/C19H17F5N6/c20-18(21)5-8-30(11-18)10-14-28-16-13(4-2-7-26-16)17(29-14)27-9-12-3-1-6-25-15(12)19(22,23)24/h1-4,6-7H,5,8-11H2,(H,26,27,28,29). The van der Waals surface area contributed by atoms with E-state index >= 15 is 0 Å². The van der Waals surface area contributed by atoms with Gasteiger partial charge in [0.25, 0.3) is 5.92 Å². The molecule has 0 atom stereocenters. The molecule has 0 radical (unpaired) electrons. The van der Waals surface area contributed by atoms with Gasteiger partial charge in [-0.2, -0.15) is 13.2 Å². The third kappa shape index (κ3) is 4.45. The number of anilines is 1. The van der Waals surface area contributed by atoms with Crippen molar-refractivity contribution in [2.75, 3.05) is 18.4 Å². The van der Waals surface area contributed by atoms with E-state index in [-0.39, 0.29) is 49.8 Å². The van der Waals surface area contributed by atoms with Crippen LogP contribution in [0.25, 0.3) is 11.0 Å². The predicted molar refractivity (Wildman–Crippen MR) is 98.7 cm³/mol. The number of nitrogens with one attached hydrogen (secondary N) is 1. The van der Waals surface area contributed by atoms with Crippen molar-refractivity contribution in [1.29, 1.82) is 0 Å². The molecule has 1 aliphatic rings. The van der Waals surface area contributed by atoms with Gasteiger partial charge in [0.1, 0.15) is 17.3 Å². The molecule has 4 heterocycles. The van der Waals surface area contributed by atoms with Gasteiger partial charge in [0.2, 0.25) is 0 Å². The lowest BCUT2D eigenvalue weighted by molar-refractivity contribution is -0.141. The summed E-state index contributed by atoms with van der Waals surface area (Å²) in [6.45, 7) is -0.254. The lowest BCUT2D eigenvalue weighted by Crippen LogP contribution is -2.26. The number of halogens is 5. The Morgan fingerprint density at radius 2 is 1.83 bits per heavy atom. The molecule has 3 aromatic rings. The average Bonchev–Trinajstić information content (AvgIpc) is 3.03. The van der Waals surface area contributed by atoms with Crippen molar-refractivity contribution in [3.63, 3.8) is 0 Å². The monoisotopic (exact) mass is 424 g/mol. The summed E-state index contributed by atoms with van der Waals surface area (Å²) >= 11 is 0. The first-order valence-corrected chi connectivity index (χ1v) is 9.18. The fourth-order valence-electron chi connectivity index (χ4n) is 3.37. The van der Waals surface area contributed by atoms with Crippen molar-refractivity contribution in [1.82, 2.24) is 24.8 Å². The third-order valence-corrected chi connectivity index (χ3v) is 4.74. The van der Waals surface area contributed by atoms with Gasteiger partial charge in [-0.05, 0) is 18.2 Å². The SMILES string of the molecule is FC1(F)CCN(Cc2nc(NCc3cccnc3C(F)(F)F)c3cccnc3n2)C1. The first-order chi connectivity index (χ1) is 14.2. The summed E-state index contributed by atoms with van der Waals surface area (Å²) in [5.41, 5.74) is -0.687. The van der Waals surface area contributed by atoms with E-state index in [1.54, 1.807) is 12.1 Å². The van der Waals surface area contributed by atoms with Crippen LogP contribution in [0.4, 0.5) is 27.8 Å². The van der Waals surface area contributed by atoms with Crippen molar-refractivity contribution in [3.8, 4) is 0 Å². The molecule has 0 unspecified atom stereocenters. The Morgan fingerprint density at radius 3 is 2.57 bits per heavy atom. The molecule has 3 aromatic heterocycles. The highest BCUT2D eigenvalue weighted by Gasteiger charge is 2.38. The van der Waals surface area contributed by atoms with Crippen molar-refractivity contribution in [2.24, 2.45) is 0 Å². The van der Waals surface area contributed by atoms with Crippen LogP contribution in [0.5, 0.6) is 0 Å². The normalized spacial score (nSPS) is 16.8. The molecule has 0 amide bonds. The highest BCUT2D eigenvalue weighted by atomic mass is 19.4. The van der Waals surface area contributed by atoms with E-state index in [0.29, 0.717) is 11.0 Å². The van der Waals surface area contributed by atoms with Crippen LogP contribution in [0.2, 0.25) is 0 Å². The zero-order valence-corrected chi connectivity index (χ0v) is 15.6. The molecule has 0 aromatic carbocycles. The summed E-state index contributed by atoms with van der Waals surface area (Å²) in [7, 11) is 0. The molecule has 1 fully saturated rings. The summed E-state index contributed by atoms with van der Waals surface area (Å²) < 4.78 is 66.5. The number of alkyl halides is 5. The second-order valence-electron chi connectivity index (χ2n) is 7.04. The Bertz CT molecular complexity index is 1060. The number of pyridine rings is 2. The maximum atomic E-state index is 13.5. The molecule has 1 aliphatic heterocycles. The summed E-state index contributed by atoms with van der Waals surface area (Å²) in [6, 6.07) is 6.09. The summed E-state index contributed by atoms with van der Waals surface area (Å²) in [4.78, 5) is 17.8. The molecule has 30 heavy (non-hydrogen) atoms. The predicted octanol–water partition coefficient (Wildman–Crippen LogP) is 3.89. The number of hydrogen-bond donors (Lipinski definition) is 1. The number of nitrogens with zero attached hydrogens (tertiary/aromatic N) is 5. The third-order valence-electron chi connectivity index (χ3n) is 4.74. The largest absolute Gasteiger partial charge is 0.433 e. The zero-order chi connectivity index (χ0) is 21.4. The van der Waals surface area contributed by atoms with Crippen LogP contribution in [0, 0.1) is 0 Å². The minimum absolute atomic E-state index is 0.0404. The van der Waals surface area contributed by atoms with Crippen LogP contribution in [0.15, 0.2) is 36.7 Å². The van der Waals surface area contributed by atoms with Gasteiger partial charge in [-0.25, -0.2) is 23.7 Å². The van der Waals surface area contributed by atoms with Gasteiger partial charge in [-0.3, -0.25) is 9.88 Å². The molecule has 4 rings (SSSR count). The maximum Gasteiger partial charge on any atom is 0.433 e. The van der Waals surface area contributed by atoms with Crippen LogP contribution in [-0.4, -0.2) is 43.8 Å². The van der Waals surface area contributed by atoms with E-state index in [0.717, 1.165) is 6.20 Å². The Hall–Kier alpha value is -2.95. The van der Waals surface area contributed by atoms with Crippen molar-refractivity contribution in [3.05, 3.63) is 53.7 Å². The minimum Gasteiger partial charge on any atom is -0.365 e. The Kier molecular flexibility index (Phi) is 5.22. The highest BCUT2D eigenvalue weighted by Crippen LogP contribution is 2.31. The minimum atomic E-state index is -4.58. The Morgan fingerprint density at radius 1 is 1.07 bits per heavy atom. The first kappa shape index (κ1) is 20.3. The van der Waals surface area contributed by atoms with E-state index in [1.165, 1.54) is 23.2 Å². The molecule has 158 valence electrons.